The number of hydrogen-bond donors (Lipinski definition) is 0. The van der Waals surface area contributed by atoms with Crippen LogP contribution in [-0.2, 0) is 16.3 Å². The zero-order chi connectivity index (χ0) is 17.3. The lowest BCUT2D eigenvalue weighted by Gasteiger charge is -2.29. The van der Waals surface area contributed by atoms with Gasteiger partial charge in [-0.25, -0.2) is 8.57 Å². The normalized spacial score (nSPS) is 17.9. The molecular formula is C19H35N2OPS. The predicted molar refractivity (Wildman–Crippen MR) is 113 cm³/mol. The van der Waals surface area contributed by atoms with Gasteiger partial charge in [-0.15, -0.1) is 0 Å². The molecule has 0 saturated carbocycles. The zero-order valence-corrected chi connectivity index (χ0v) is 18.2. The van der Waals surface area contributed by atoms with Crippen LogP contribution in [0.3, 0.4) is 0 Å². The molecule has 5 heteroatoms. The Hall–Kier alpha value is -0.700. The second-order valence-electron chi connectivity index (χ2n) is 5.73. The van der Waals surface area contributed by atoms with Crippen LogP contribution in [0.2, 0.25) is 0 Å². The first-order chi connectivity index (χ1) is 11.0. The van der Waals surface area contributed by atoms with E-state index in [0.29, 0.717) is 17.4 Å². The minimum absolute atomic E-state index is 0. The Bertz CT molecular complexity index is 597. The van der Waals surface area contributed by atoms with Crippen molar-refractivity contribution in [3.8, 4) is 0 Å². The van der Waals surface area contributed by atoms with Crippen molar-refractivity contribution in [3.63, 3.8) is 0 Å². The topological polar surface area (TPSA) is 32.7 Å². The molecular weight excluding hydrogens is 335 g/mol. The highest BCUT2D eigenvalue weighted by Crippen LogP contribution is 2.19. The van der Waals surface area contributed by atoms with Gasteiger partial charge >= 0.3 is 0 Å². The Morgan fingerprint density at radius 2 is 1.75 bits per heavy atom. The fourth-order valence-electron chi connectivity index (χ4n) is 2.70. The first kappa shape index (κ1) is 23.3. The van der Waals surface area contributed by atoms with Gasteiger partial charge in [0.05, 0.1) is 15.4 Å². The molecule has 0 aromatic heterocycles. The summed E-state index contributed by atoms with van der Waals surface area (Å²) < 4.78 is 17.1. The summed E-state index contributed by atoms with van der Waals surface area (Å²) in [6, 6.07) is 10.5. The molecule has 0 bridgehead atoms. The van der Waals surface area contributed by atoms with E-state index in [4.69, 9.17) is 0 Å². The summed E-state index contributed by atoms with van der Waals surface area (Å²) >= 11 is 0. The van der Waals surface area contributed by atoms with Crippen molar-refractivity contribution >= 4 is 19.6 Å². The van der Waals surface area contributed by atoms with E-state index >= 15 is 0 Å². The molecule has 0 fully saturated rings. The molecule has 1 aliphatic heterocycles. The second-order valence-corrected chi connectivity index (χ2v) is 8.61. The van der Waals surface area contributed by atoms with Crippen LogP contribution in [0, 0.1) is 5.92 Å². The maximum atomic E-state index is 12.5. The van der Waals surface area contributed by atoms with Crippen LogP contribution in [0.1, 0.15) is 40.2 Å². The van der Waals surface area contributed by atoms with E-state index in [1.54, 1.807) is 0 Å². The van der Waals surface area contributed by atoms with E-state index in [-0.39, 0.29) is 9.90 Å². The Kier molecular flexibility index (Phi) is 11.4. The molecule has 0 amide bonds. The highest BCUT2D eigenvalue weighted by atomic mass is 32.2. The van der Waals surface area contributed by atoms with Crippen molar-refractivity contribution in [2.75, 3.05) is 24.6 Å². The van der Waals surface area contributed by atoms with Crippen LogP contribution in [0.4, 0.5) is 0 Å². The molecule has 1 aromatic carbocycles. The molecule has 138 valence electrons. The maximum Gasteiger partial charge on any atom is 0.0607 e. The lowest BCUT2D eigenvalue weighted by Crippen LogP contribution is -2.33. The molecule has 0 aliphatic carbocycles. The van der Waals surface area contributed by atoms with Crippen molar-refractivity contribution < 1.29 is 4.21 Å². The smallest absolute Gasteiger partial charge is 0.0607 e. The van der Waals surface area contributed by atoms with Gasteiger partial charge in [0.2, 0.25) is 0 Å². The van der Waals surface area contributed by atoms with Crippen LogP contribution in [0.15, 0.2) is 46.5 Å². The Balaban J connectivity index is 0.00000170. The summed E-state index contributed by atoms with van der Waals surface area (Å²) in [4.78, 5) is 2.39. The summed E-state index contributed by atoms with van der Waals surface area (Å²) in [5, 5.41) is 0. The average Bonchev–Trinajstić information content (AvgIpc) is 2.57. The minimum atomic E-state index is -2.05. The molecule has 2 unspecified atom stereocenters. The molecule has 0 radical (unpaired) electrons. The van der Waals surface area contributed by atoms with Crippen molar-refractivity contribution in [2.45, 2.75) is 41.2 Å². The van der Waals surface area contributed by atoms with Crippen molar-refractivity contribution in [1.29, 1.82) is 0 Å². The Labute approximate surface area is 152 Å². The van der Waals surface area contributed by atoms with Crippen LogP contribution < -0.4 is 0 Å². The SMILES string of the molecule is CC.CCS(=O)(CC)=NC1=CC(C)CN(Cc2ccccc2)C1.P. The third kappa shape index (κ3) is 7.46. The fourth-order valence-corrected chi connectivity index (χ4v) is 3.92. The van der Waals surface area contributed by atoms with Gasteiger partial charge in [0.1, 0.15) is 0 Å². The van der Waals surface area contributed by atoms with Crippen molar-refractivity contribution in [3.05, 3.63) is 47.7 Å². The molecule has 2 rings (SSSR count). The molecule has 0 saturated heterocycles. The van der Waals surface area contributed by atoms with Crippen molar-refractivity contribution in [2.24, 2.45) is 10.3 Å². The van der Waals surface area contributed by atoms with E-state index in [1.807, 2.05) is 33.8 Å². The van der Waals surface area contributed by atoms with Crippen LogP contribution >= 0.6 is 9.90 Å². The van der Waals surface area contributed by atoms with Gasteiger partial charge in [-0.1, -0.05) is 71.0 Å². The van der Waals surface area contributed by atoms with Gasteiger partial charge < -0.3 is 0 Å². The lowest BCUT2D eigenvalue weighted by atomic mass is 10.0. The molecule has 1 aromatic rings. The third-order valence-corrected chi connectivity index (χ3v) is 6.22. The van der Waals surface area contributed by atoms with Crippen LogP contribution in [0.25, 0.3) is 0 Å². The quantitative estimate of drug-likeness (QED) is 0.709. The summed E-state index contributed by atoms with van der Waals surface area (Å²) in [6.45, 7) is 12.9. The summed E-state index contributed by atoms with van der Waals surface area (Å²) in [5.41, 5.74) is 2.32. The third-order valence-electron chi connectivity index (χ3n) is 3.84. The van der Waals surface area contributed by atoms with E-state index in [0.717, 1.165) is 25.3 Å². The first-order valence-corrected chi connectivity index (χ1v) is 10.6. The number of benzene rings is 1. The highest BCUT2D eigenvalue weighted by molar-refractivity contribution is 7.93. The summed E-state index contributed by atoms with van der Waals surface area (Å²) in [6.07, 6.45) is 2.19. The molecule has 1 heterocycles. The van der Waals surface area contributed by atoms with Gasteiger partial charge in [0.15, 0.2) is 0 Å². The average molecular weight is 371 g/mol. The predicted octanol–water partition coefficient (Wildman–Crippen LogP) is 4.61. The second kappa shape index (κ2) is 11.8. The maximum absolute atomic E-state index is 12.5. The van der Waals surface area contributed by atoms with E-state index < -0.39 is 9.73 Å². The summed E-state index contributed by atoms with van der Waals surface area (Å²) in [7, 11) is -2.05. The van der Waals surface area contributed by atoms with Gasteiger partial charge in [-0.05, 0) is 11.5 Å². The van der Waals surface area contributed by atoms with Crippen molar-refractivity contribution in [1.82, 2.24) is 4.90 Å². The van der Waals surface area contributed by atoms with Crippen LogP contribution in [0.5, 0.6) is 0 Å². The number of hydrogen-bond acceptors (Lipinski definition) is 3. The first-order valence-electron chi connectivity index (χ1n) is 8.74. The van der Waals surface area contributed by atoms with Gasteiger partial charge in [0.25, 0.3) is 0 Å². The molecule has 0 N–H and O–H groups in total. The van der Waals surface area contributed by atoms with Gasteiger partial charge in [-0.2, -0.15) is 9.90 Å². The monoisotopic (exact) mass is 370 g/mol. The molecule has 2 atom stereocenters. The minimum Gasteiger partial charge on any atom is -0.293 e. The van der Waals surface area contributed by atoms with E-state index in [2.05, 4.69) is 46.5 Å². The lowest BCUT2D eigenvalue weighted by molar-refractivity contribution is 0.250. The fraction of sp³-hybridized carbons (Fsp3) is 0.579. The zero-order valence-electron chi connectivity index (χ0n) is 16.0. The molecule has 0 spiro atoms. The molecule has 1 aliphatic rings. The largest absolute Gasteiger partial charge is 0.293 e. The van der Waals surface area contributed by atoms with E-state index in [9.17, 15) is 4.21 Å². The van der Waals surface area contributed by atoms with E-state index in [1.165, 1.54) is 5.56 Å². The van der Waals surface area contributed by atoms with Gasteiger partial charge in [-0.3, -0.25) is 4.90 Å². The molecule has 24 heavy (non-hydrogen) atoms. The highest BCUT2D eigenvalue weighted by Gasteiger charge is 2.18. The van der Waals surface area contributed by atoms with Crippen LogP contribution in [-0.4, -0.2) is 33.7 Å². The Morgan fingerprint density at radius 1 is 1.17 bits per heavy atom. The molecule has 3 nitrogen and oxygen atoms in total. The standard InChI is InChI=1S/C17H26N2OS.C2H6.H3P/c1-4-21(20,5-2)18-17-11-15(3)12-19(14-17)13-16-9-7-6-8-10-16;1-2;/h6-11,15H,4-5,12-14H2,1-3H3;1-2H3;1H3. The summed E-state index contributed by atoms with van der Waals surface area (Å²) in [5.74, 6) is 1.72. The number of rotatable bonds is 5. The van der Waals surface area contributed by atoms with Gasteiger partial charge in [0, 0.05) is 31.1 Å². The Morgan fingerprint density at radius 3 is 2.29 bits per heavy atom. The number of nitrogens with zero attached hydrogens (tertiary/aromatic N) is 2.